The molecule has 1 saturated heterocycles. The fourth-order valence-corrected chi connectivity index (χ4v) is 4.30. The predicted octanol–water partition coefficient (Wildman–Crippen LogP) is 5.71. The second kappa shape index (κ2) is 8.40. The minimum absolute atomic E-state index is 0.997. The van der Waals surface area contributed by atoms with Gasteiger partial charge in [0.1, 0.15) is 0 Å². The molecule has 2 heterocycles. The SMILES string of the molecule is Cc1ccccc1-c1ccc2nccc(Nc3ccc(N4CCN(C)CC4)cc3)c2c1. The number of piperazine rings is 1. The van der Waals surface area contributed by atoms with Gasteiger partial charge >= 0.3 is 0 Å². The van der Waals surface area contributed by atoms with Crippen LogP contribution in [0.15, 0.2) is 79.0 Å². The summed E-state index contributed by atoms with van der Waals surface area (Å²) < 4.78 is 0. The number of nitrogens with zero attached hydrogens (tertiary/aromatic N) is 3. The van der Waals surface area contributed by atoms with Gasteiger partial charge in [0.15, 0.2) is 0 Å². The van der Waals surface area contributed by atoms with Crippen LogP contribution in [0.4, 0.5) is 17.1 Å². The van der Waals surface area contributed by atoms with E-state index in [9.17, 15) is 0 Å². The van der Waals surface area contributed by atoms with E-state index in [-0.39, 0.29) is 0 Å². The Morgan fingerprint density at radius 3 is 2.39 bits per heavy atom. The summed E-state index contributed by atoms with van der Waals surface area (Å²) in [6, 6.07) is 25.9. The Hall–Kier alpha value is -3.37. The third-order valence-electron chi connectivity index (χ3n) is 6.21. The lowest BCUT2D eigenvalue weighted by Crippen LogP contribution is -2.44. The van der Waals surface area contributed by atoms with Gasteiger partial charge in [0.05, 0.1) is 5.52 Å². The van der Waals surface area contributed by atoms with Gasteiger partial charge in [0, 0.05) is 54.8 Å². The van der Waals surface area contributed by atoms with Gasteiger partial charge < -0.3 is 15.1 Å². The smallest absolute Gasteiger partial charge is 0.0723 e. The van der Waals surface area contributed by atoms with Crippen molar-refractivity contribution in [2.45, 2.75) is 6.92 Å². The van der Waals surface area contributed by atoms with Gasteiger partial charge in [0.2, 0.25) is 0 Å². The Balaban J connectivity index is 1.42. The molecule has 1 N–H and O–H groups in total. The molecule has 1 aliphatic heterocycles. The number of aromatic nitrogens is 1. The van der Waals surface area contributed by atoms with Gasteiger partial charge in [-0.3, -0.25) is 4.98 Å². The molecule has 0 radical (unpaired) electrons. The Labute approximate surface area is 184 Å². The number of benzene rings is 3. The van der Waals surface area contributed by atoms with Gasteiger partial charge in [-0.05, 0) is 73.1 Å². The highest BCUT2D eigenvalue weighted by molar-refractivity contribution is 5.96. The van der Waals surface area contributed by atoms with Gasteiger partial charge in [-0.1, -0.05) is 30.3 Å². The predicted molar refractivity (Wildman–Crippen MR) is 131 cm³/mol. The standard InChI is InChI=1S/C27H28N4/c1-20-5-3-4-6-24(20)21-7-12-26-25(19-21)27(13-14-28-26)29-22-8-10-23(11-9-22)31-17-15-30(2)16-18-31/h3-14,19H,15-18H2,1-2H3,(H,28,29). The maximum absolute atomic E-state index is 4.57. The van der Waals surface area contributed by atoms with Crippen LogP contribution >= 0.6 is 0 Å². The molecule has 0 bridgehead atoms. The van der Waals surface area contributed by atoms with Gasteiger partial charge in [0.25, 0.3) is 0 Å². The Kier molecular flexibility index (Phi) is 5.31. The number of likely N-dealkylation sites (N-methyl/N-ethyl adjacent to an activating group) is 1. The maximum Gasteiger partial charge on any atom is 0.0723 e. The van der Waals surface area contributed by atoms with Crippen molar-refractivity contribution in [2.24, 2.45) is 0 Å². The topological polar surface area (TPSA) is 31.4 Å². The van der Waals surface area contributed by atoms with Gasteiger partial charge in [-0.2, -0.15) is 0 Å². The second-order valence-electron chi connectivity index (χ2n) is 8.37. The molecule has 0 amide bonds. The summed E-state index contributed by atoms with van der Waals surface area (Å²) >= 11 is 0. The summed E-state index contributed by atoms with van der Waals surface area (Å²) in [4.78, 5) is 9.41. The molecule has 5 rings (SSSR count). The highest BCUT2D eigenvalue weighted by Crippen LogP contribution is 2.31. The first-order valence-electron chi connectivity index (χ1n) is 10.9. The first kappa shape index (κ1) is 19.6. The molecule has 1 aromatic heterocycles. The van der Waals surface area contributed by atoms with Crippen LogP contribution in [0.25, 0.3) is 22.0 Å². The Morgan fingerprint density at radius 2 is 1.61 bits per heavy atom. The van der Waals surface area contributed by atoms with Crippen LogP contribution in [-0.2, 0) is 0 Å². The monoisotopic (exact) mass is 408 g/mol. The minimum atomic E-state index is 0.997. The zero-order chi connectivity index (χ0) is 21.2. The molecule has 0 unspecified atom stereocenters. The van der Waals surface area contributed by atoms with Crippen LogP contribution < -0.4 is 10.2 Å². The van der Waals surface area contributed by atoms with E-state index >= 15 is 0 Å². The average molecular weight is 409 g/mol. The highest BCUT2D eigenvalue weighted by atomic mass is 15.2. The number of rotatable bonds is 4. The number of anilines is 3. The fourth-order valence-electron chi connectivity index (χ4n) is 4.30. The third-order valence-corrected chi connectivity index (χ3v) is 6.21. The van der Waals surface area contributed by atoms with E-state index in [0.717, 1.165) is 48.5 Å². The van der Waals surface area contributed by atoms with Crippen molar-refractivity contribution in [3.05, 3.63) is 84.6 Å². The van der Waals surface area contributed by atoms with Crippen LogP contribution in [0.2, 0.25) is 0 Å². The molecule has 156 valence electrons. The Morgan fingerprint density at radius 1 is 0.839 bits per heavy atom. The van der Waals surface area contributed by atoms with Crippen molar-refractivity contribution in [2.75, 3.05) is 43.4 Å². The van der Waals surface area contributed by atoms with Gasteiger partial charge in [-0.25, -0.2) is 0 Å². The largest absolute Gasteiger partial charge is 0.369 e. The number of aryl methyl sites for hydroxylation is 1. The molecule has 0 saturated carbocycles. The van der Waals surface area contributed by atoms with Crippen molar-refractivity contribution >= 4 is 28.0 Å². The summed E-state index contributed by atoms with van der Waals surface area (Å²) in [5.74, 6) is 0. The number of hydrogen-bond donors (Lipinski definition) is 1. The molecule has 0 spiro atoms. The number of pyridine rings is 1. The van der Waals surface area contributed by atoms with E-state index in [1.165, 1.54) is 22.4 Å². The molecular formula is C27H28N4. The number of hydrogen-bond acceptors (Lipinski definition) is 4. The molecule has 1 aliphatic rings. The quantitative estimate of drug-likeness (QED) is 0.469. The lowest BCUT2D eigenvalue weighted by atomic mass is 9.98. The van der Waals surface area contributed by atoms with E-state index in [1.54, 1.807) is 0 Å². The van der Waals surface area contributed by atoms with Gasteiger partial charge in [-0.15, -0.1) is 0 Å². The average Bonchev–Trinajstić information content (AvgIpc) is 2.80. The molecule has 4 nitrogen and oxygen atoms in total. The van der Waals surface area contributed by atoms with E-state index in [1.807, 2.05) is 6.20 Å². The van der Waals surface area contributed by atoms with E-state index in [0.29, 0.717) is 0 Å². The zero-order valence-corrected chi connectivity index (χ0v) is 18.2. The highest BCUT2D eigenvalue weighted by Gasteiger charge is 2.14. The van der Waals surface area contributed by atoms with Crippen molar-refractivity contribution in [3.63, 3.8) is 0 Å². The van der Waals surface area contributed by atoms with E-state index in [4.69, 9.17) is 0 Å². The first-order valence-corrected chi connectivity index (χ1v) is 10.9. The molecule has 4 heteroatoms. The number of fused-ring (bicyclic) bond motifs is 1. The summed E-state index contributed by atoms with van der Waals surface area (Å²) in [5, 5.41) is 4.74. The zero-order valence-electron chi connectivity index (χ0n) is 18.2. The summed E-state index contributed by atoms with van der Waals surface area (Å²) in [6.45, 7) is 6.56. The van der Waals surface area contributed by atoms with Crippen LogP contribution in [-0.4, -0.2) is 43.1 Å². The molecule has 31 heavy (non-hydrogen) atoms. The molecule has 0 aliphatic carbocycles. The minimum Gasteiger partial charge on any atom is -0.369 e. The van der Waals surface area contributed by atoms with Crippen molar-refractivity contribution < 1.29 is 0 Å². The van der Waals surface area contributed by atoms with Crippen molar-refractivity contribution in [1.82, 2.24) is 9.88 Å². The lowest BCUT2D eigenvalue weighted by Gasteiger charge is -2.34. The summed E-state index contributed by atoms with van der Waals surface area (Å²) in [7, 11) is 2.19. The molecule has 1 fully saturated rings. The van der Waals surface area contributed by atoms with Crippen LogP contribution in [0.5, 0.6) is 0 Å². The second-order valence-corrected chi connectivity index (χ2v) is 8.37. The molecule has 0 atom stereocenters. The first-order chi connectivity index (χ1) is 15.2. The van der Waals surface area contributed by atoms with Crippen LogP contribution in [0.1, 0.15) is 5.56 Å². The summed E-state index contributed by atoms with van der Waals surface area (Å²) in [5.41, 5.74) is 8.21. The fraction of sp³-hybridized carbons (Fsp3) is 0.222. The maximum atomic E-state index is 4.57. The van der Waals surface area contributed by atoms with Crippen molar-refractivity contribution in [1.29, 1.82) is 0 Å². The molecular weight excluding hydrogens is 380 g/mol. The Bertz CT molecular complexity index is 1190. The lowest BCUT2D eigenvalue weighted by molar-refractivity contribution is 0.313. The van der Waals surface area contributed by atoms with E-state index < -0.39 is 0 Å². The molecule has 3 aromatic carbocycles. The van der Waals surface area contributed by atoms with E-state index in [2.05, 4.69) is 107 Å². The third kappa shape index (κ3) is 4.12. The normalized spacial score (nSPS) is 14.7. The number of nitrogens with one attached hydrogen (secondary N) is 1. The van der Waals surface area contributed by atoms with Crippen molar-refractivity contribution in [3.8, 4) is 11.1 Å². The summed E-state index contributed by atoms with van der Waals surface area (Å²) in [6.07, 6.45) is 1.87. The van der Waals surface area contributed by atoms with Crippen LogP contribution in [0.3, 0.4) is 0 Å². The molecule has 4 aromatic rings. The van der Waals surface area contributed by atoms with Crippen LogP contribution in [0, 0.1) is 6.92 Å².